The van der Waals surface area contributed by atoms with E-state index < -0.39 is 0 Å². The fraction of sp³-hybridized carbons (Fsp3) is 0.457. The first-order valence-electron chi connectivity index (χ1n) is 15.0. The number of carbonyl (C=O) groups excluding carboxylic acids is 1. The molecule has 6 atom stereocenters. The summed E-state index contributed by atoms with van der Waals surface area (Å²) in [6, 6.07) is 18.8. The minimum atomic E-state index is -0.155. The summed E-state index contributed by atoms with van der Waals surface area (Å²) in [6.45, 7) is 6.56. The molecule has 2 fully saturated rings. The number of hydrogen-bond acceptors (Lipinski definition) is 4. The highest BCUT2D eigenvalue weighted by molar-refractivity contribution is 5.93. The predicted octanol–water partition coefficient (Wildman–Crippen LogP) is 8.15. The summed E-state index contributed by atoms with van der Waals surface area (Å²) in [6.07, 6.45) is 14.3. The number of benzene rings is 2. The first-order chi connectivity index (χ1) is 19.4. The number of aromatic nitrogens is 2. The molecule has 2 saturated carbocycles. The van der Waals surface area contributed by atoms with Crippen LogP contribution in [0.25, 0.3) is 16.7 Å². The van der Waals surface area contributed by atoms with Gasteiger partial charge in [-0.2, -0.15) is 0 Å². The zero-order chi connectivity index (χ0) is 27.5. The van der Waals surface area contributed by atoms with Crippen molar-refractivity contribution in [2.45, 2.75) is 71.8 Å². The summed E-state index contributed by atoms with van der Waals surface area (Å²) in [5.74, 6) is 1.69. The topological polar surface area (TPSA) is 56.5 Å². The van der Waals surface area contributed by atoms with Gasteiger partial charge in [-0.05, 0) is 91.5 Å². The highest BCUT2D eigenvalue weighted by Gasteiger charge is 2.58. The van der Waals surface area contributed by atoms with Gasteiger partial charge < -0.3 is 9.30 Å². The minimum absolute atomic E-state index is 0.0392. The maximum Gasteiger partial charge on any atom is 0.302 e. The van der Waals surface area contributed by atoms with E-state index in [2.05, 4.69) is 79.2 Å². The van der Waals surface area contributed by atoms with Gasteiger partial charge >= 0.3 is 5.97 Å². The van der Waals surface area contributed by atoms with Crippen molar-refractivity contribution in [2.24, 2.45) is 33.6 Å². The van der Waals surface area contributed by atoms with Crippen molar-refractivity contribution < 1.29 is 9.53 Å². The first kappa shape index (κ1) is 25.5. The fourth-order valence-corrected chi connectivity index (χ4v) is 9.00. The predicted molar refractivity (Wildman–Crippen MR) is 160 cm³/mol. The van der Waals surface area contributed by atoms with Gasteiger partial charge in [-0.25, -0.2) is 4.98 Å². The van der Waals surface area contributed by atoms with Gasteiger partial charge in [0.1, 0.15) is 12.4 Å². The zero-order valence-electron chi connectivity index (χ0n) is 23.8. The molecule has 0 aliphatic heterocycles. The summed E-state index contributed by atoms with van der Waals surface area (Å²) >= 11 is 0. The van der Waals surface area contributed by atoms with Crippen molar-refractivity contribution in [3.63, 3.8) is 0 Å². The SMILES string of the molecule is CC(=O)OC1CC[C@@]2(C)C(=CC[C@@H]3[C@@H]2CC[C@]2(C)C(n4cnc5ccccc54)=C(/C=N\c4ccccc4)C[C@@H]32)C1. The van der Waals surface area contributed by atoms with E-state index in [1.165, 1.54) is 42.1 Å². The number of ether oxygens (including phenoxy) is 1. The van der Waals surface area contributed by atoms with Crippen molar-refractivity contribution in [1.82, 2.24) is 9.55 Å². The Balaban J connectivity index is 1.27. The summed E-state index contributed by atoms with van der Waals surface area (Å²) in [5.41, 5.74) is 7.73. The van der Waals surface area contributed by atoms with Crippen molar-refractivity contribution in [1.29, 1.82) is 0 Å². The molecule has 1 heterocycles. The molecule has 0 spiro atoms. The molecule has 0 bridgehead atoms. The van der Waals surface area contributed by atoms with Crippen LogP contribution in [0.1, 0.15) is 65.7 Å². The normalized spacial score (nSPS) is 33.4. The molecule has 0 saturated heterocycles. The molecular formula is C35H39N3O2. The third-order valence-corrected chi connectivity index (χ3v) is 10.9. The van der Waals surface area contributed by atoms with Gasteiger partial charge in [0.2, 0.25) is 0 Å². The van der Waals surface area contributed by atoms with Crippen LogP contribution in [0.3, 0.4) is 0 Å². The second-order valence-electron chi connectivity index (χ2n) is 13.0. The van der Waals surface area contributed by atoms with Crippen LogP contribution in [0.5, 0.6) is 0 Å². The molecule has 5 heteroatoms. The van der Waals surface area contributed by atoms with E-state index >= 15 is 0 Å². The van der Waals surface area contributed by atoms with E-state index in [1.54, 1.807) is 0 Å². The number of allylic oxidation sites excluding steroid dienone is 3. The zero-order valence-corrected chi connectivity index (χ0v) is 23.8. The molecule has 3 aromatic rings. The second kappa shape index (κ2) is 9.57. The van der Waals surface area contributed by atoms with Crippen molar-refractivity contribution >= 4 is 34.6 Å². The van der Waals surface area contributed by atoms with Crippen molar-refractivity contribution in [3.05, 3.63) is 78.1 Å². The van der Waals surface area contributed by atoms with Gasteiger partial charge in [-0.1, -0.05) is 55.8 Å². The van der Waals surface area contributed by atoms with Gasteiger partial charge in [0.05, 0.1) is 16.7 Å². The summed E-state index contributed by atoms with van der Waals surface area (Å²) in [5, 5.41) is 0. The standard InChI is InChI=1S/C35H39N3O2/c1-23(39)40-27-15-17-34(2)25(20-27)13-14-28-29(34)16-18-35(3)30(28)19-24(21-36-26-9-5-4-6-10-26)33(35)38-22-37-31-11-7-8-12-32(31)38/h4-13,21-22,27-30H,14-20H2,1-3H3/b36-21-/t27?,28-,29+,30+,34+,35+/m1/s1. The van der Waals surface area contributed by atoms with Crippen molar-refractivity contribution in [2.75, 3.05) is 0 Å². The van der Waals surface area contributed by atoms with Crippen LogP contribution < -0.4 is 0 Å². The number of hydrogen-bond donors (Lipinski definition) is 0. The van der Waals surface area contributed by atoms with Crippen LogP contribution in [-0.2, 0) is 9.53 Å². The van der Waals surface area contributed by atoms with E-state index in [1.807, 2.05) is 12.4 Å². The van der Waals surface area contributed by atoms with Crippen LogP contribution in [0.2, 0.25) is 0 Å². The van der Waals surface area contributed by atoms with Gasteiger partial charge in [0.15, 0.2) is 0 Å². The van der Waals surface area contributed by atoms with Crippen LogP contribution >= 0.6 is 0 Å². The molecule has 0 amide bonds. The highest BCUT2D eigenvalue weighted by atomic mass is 16.5. The average Bonchev–Trinajstić information content (AvgIpc) is 3.50. The average molecular weight is 534 g/mol. The molecule has 206 valence electrons. The third-order valence-electron chi connectivity index (χ3n) is 10.9. The first-order valence-corrected chi connectivity index (χ1v) is 15.0. The largest absolute Gasteiger partial charge is 0.462 e. The van der Waals surface area contributed by atoms with Crippen LogP contribution in [0.15, 0.2) is 83.1 Å². The monoisotopic (exact) mass is 533 g/mol. The Morgan fingerprint density at radius 1 is 1.00 bits per heavy atom. The molecule has 0 radical (unpaired) electrons. The number of rotatable bonds is 4. The molecule has 1 aromatic heterocycles. The van der Waals surface area contributed by atoms with Gasteiger partial charge in [0.25, 0.3) is 0 Å². The smallest absolute Gasteiger partial charge is 0.302 e. The van der Waals surface area contributed by atoms with Crippen molar-refractivity contribution in [3.8, 4) is 0 Å². The van der Waals surface area contributed by atoms with E-state index in [-0.39, 0.29) is 22.9 Å². The Bertz CT molecular complexity index is 1550. The molecule has 1 unspecified atom stereocenters. The second-order valence-corrected chi connectivity index (χ2v) is 13.0. The lowest BCUT2D eigenvalue weighted by molar-refractivity contribution is -0.148. The maximum atomic E-state index is 11.7. The molecule has 2 aromatic carbocycles. The van der Waals surface area contributed by atoms with E-state index in [0.717, 1.165) is 43.3 Å². The minimum Gasteiger partial charge on any atom is -0.462 e. The molecule has 7 rings (SSSR count). The Kier molecular flexibility index (Phi) is 6.10. The summed E-state index contributed by atoms with van der Waals surface area (Å²) < 4.78 is 8.04. The lowest BCUT2D eigenvalue weighted by atomic mass is 9.47. The lowest BCUT2D eigenvalue weighted by Gasteiger charge is -2.57. The Labute approximate surface area is 237 Å². The van der Waals surface area contributed by atoms with E-state index in [9.17, 15) is 4.79 Å². The van der Waals surface area contributed by atoms with Gasteiger partial charge in [-0.3, -0.25) is 9.79 Å². The van der Waals surface area contributed by atoms with E-state index in [4.69, 9.17) is 14.7 Å². The quantitative estimate of drug-likeness (QED) is 0.193. The van der Waals surface area contributed by atoms with Gasteiger partial charge in [-0.15, -0.1) is 0 Å². The highest BCUT2D eigenvalue weighted by Crippen LogP contribution is 2.67. The fourth-order valence-electron chi connectivity index (χ4n) is 9.00. The van der Waals surface area contributed by atoms with Gasteiger partial charge in [0, 0.05) is 30.7 Å². The number of nitrogens with zero attached hydrogens (tertiary/aromatic N) is 3. The number of aliphatic imine (C=N–C) groups is 1. The molecule has 5 nitrogen and oxygen atoms in total. The molecule has 4 aliphatic carbocycles. The van der Waals surface area contributed by atoms with Crippen LogP contribution in [0.4, 0.5) is 5.69 Å². The maximum absolute atomic E-state index is 11.7. The molecule has 40 heavy (non-hydrogen) atoms. The summed E-state index contributed by atoms with van der Waals surface area (Å²) in [7, 11) is 0. The van der Waals surface area contributed by atoms with E-state index in [0.29, 0.717) is 17.8 Å². The Morgan fingerprint density at radius 2 is 1.77 bits per heavy atom. The molecular weight excluding hydrogens is 494 g/mol. The number of carbonyl (C=O) groups is 1. The molecule has 4 aliphatic rings. The number of para-hydroxylation sites is 3. The van der Waals surface area contributed by atoms with Crippen LogP contribution in [-0.4, -0.2) is 27.8 Å². The van der Waals surface area contributed by atoms with Crippen LogP contribution in [0, 0.1) is 28.6 Å². The Hall–Kier alpha value is -3.47. The third kappa shape index (κ3) is 4.00. The lowest BCUT2D eigenvalue weighted by Crippen LogP contribution is -2.50. The number of fused-ring (bicyclic) bond motifs is 6. The number of esters is 1. The summed E-state index contributed by atoms with van der Waals surface area (Å²) in [4.78, 5) is 21.4. The Morgan fingerprint density at radius 3 is 2.60 bits per heavy atom. The number of imidazole rings is 1. The molecule has 0 N–H and O–H groups in total.